The van der Waals surface area contributed by atoms with Gasteiger partial charge in [0.1, 0.15) is 11.4 Å². The number of carbonyl (C=O) groups is 2. The van der Waals surface area contributed by atoms with Crippen molar-refractivity contribution in [1.82, 2.24) is 14.7 Å². The van der Waals surface area contributed by atoms with E-state index >= 15 is 0 Å². The van der Waals surface area contributed by atoms with Gasteiger partial charge in [-0.3, -0.25) is 4.79 Å². The summed E-state index contributed by atoms with van der Waals surface area (Å²) in [4.78, 5) is 27.8. The minimum atomic E-state index is -0.539. The molecule has 0 radical (unpaired) electrons. The average molecular weight is 505 g/mol. The second kappa shape index (κ2) is 10.7. The summed E-state index contributed by atoms with van der Waals surface area (Å²) in [5.74, 6) is 0.558. The molecule has 0 aliphatic carbocycles. The predicted octanol–water partition coefficient (Wildman–Crippen LogP) is 5.86. The van der Waals surface area contributed by atoms with Gasteiger partial charge >= 0.3 is 6.09 Å². The minimum absolute atomic E-state index is 0.0550. The Hall–Kier alpha value is -3.81. The zero-order valence-corrected chi connectivity index (χ0v) is 22.5. The maximum atomic E-state index is 13.4. The highest BCUT2D eigenvalue weighted by molar-refractivity contribution is 6.05. The molecule has 0 bridgehead atoms. The van der Waals surface area contributed by atoms with Crippen molar-refractivity contribution in [3.63, 3.8) is 0 Å². The summed E-state index contributed by atoms with van der Waals surface area (Å²) >= 11 is 0. The van der Waals surface area contributed by atoms with Gasteiger partial charge in [-0.05, 0) is 95.0 Å². The molecule has 0 unspecified atom stereocenters. The number of nitrogens with one attached hydrogen (secondary N) is 1. The summed E-state index contributed by atoms with van der Waals surface area (Å²) in [6.07, 6.45) is 2.76. The molecule has 196 valence electrons. The molecule has 8 heteroatoms. The summed E-state index contributed by atoms with van der Waals surface area (Å²) in [5, 5.41) is 7.65. The molecule has 1 aromatic heterocycles. The maximum Gasteiger partial charge on any atom is 0.410 e. The fraction of sp³-hybridized carbons (Fsp3) is 0.414. The summed E-state index contributed by atoms with van der Waals surface area (Å²) in [5.41, 5.74) is 4.79. The van der Waals surface area contributed by atoms with Gasteiger partial charge in [0.25, 0.3) is 5.91 Å². The number of benzene rings is 2. The molecule has 1 fully saturated rings. The normalized spacial score (nSPS) is 14.4. The molecule has 1 aliphatic rings. The fourth-order valence-corrected chi connectivity index (χ4v) is 4.52. The average Bonchev–Trinajstić information content (AvgIpc) is 3.30. The molecular weight excluding hydrogens is 468 g/mol. The zero-order chi connectivity index (χ0) is 26.7. The fourth-order valence-electron chi connectivity index (χ4n) is 4.52. The number of carbonyl (C=O) groups excluding carboxylic acids is 2. The summed E-state index contributed by atoms with van der Waals surface area (Å²) in [7, 11) is 1.61. The topological polar surface area (TPSA) is 85.7 Å². The highest BCUT2D eigenvalue weighted by atomic mass is 16.6. The van der Waals surface area contributed by atoms with Crippen molar-refractivity contribution in [2.24, 2.45) is 0 Å². The molecule has 3 aromatic rings. The van der Waals surface area contributed by atoms with Gasteiger partial charge in [-0.2, -0.15) is 5.10 Å². The number of piperidine rings is 1. The standard InChI is InChI=1S/C29H36N4O4/c1-19-7-10-23(17-20(19)2)33-26(21-13-15-32(16-14-21)28(35)37-29(3,4)5)25(18-30-33)27(34)31-22-8-11-24(36-6)12-9-22/h7-12,17-18,21H,13-16H2,1-6H3,(H,31,34). The Bertz CT molecular complexity index is 1270. The van der Waals surface area contributed by atoms with Gasteiger partial charge in [0, 0.05) is 24.7 Å². The van der Waals surface area contributed by atoms with E-state index in [0.717, 1.165) is 22.7 Å². The molecule has 2 aromatic carbocycles. The lowest BCUT2D eigenvalue weighted by Gasteiger charge is -2.34. The lowest BCUT2D eigenvalue weighted by molar-refractivity contribution is 0.0203. The summed E-state index contributed by atoms with van der Waals surface area (Å²) < 4.78 is 12.7. The van der Waals surface area contributed by atoms with Gasteiger partial charge < -0.3 is 19.7 Å². The number of nitrogens with zero attached hydrogens (tertiary/aromatic N) is 3. The smallest absolute Gasteiger partial charge is 0.410 e. The van der Waals surface area contributed by atoms with E-state index in [1.807, 2.05) is 43.7 Å². The first-order chi connectivity index (χ1) is 17.6. The molecule has 4 rings (SSSR count). The van der Waals surface area contributed by atoms with Crippen LogP contribution in [0, 0.1) is 13.8 Å². The van der Waals surface area contributed by atoms with Crippen LogP contribution in [0.25, 0.3) is 5.69 Å². The highest BCUT2D eigenvalue weighted by Crippen LogP contribution is 2.33. The maximum absolute atomic E-state index is 13.4. The summed E-state index contributed by atoms with van der Waals surface area (Å²) in [6, 6.07) is 13.4. The number of methoxy groups -OCH3 is 1. The molecule has 2 heterocycles. The van der Waals surface area contributed by atoms with Crippen molar-refractivity contribution in [3.05, 3.63) is 71.0 Å². The van der Waals surface area contributed by atoms with Gasteiger partial charge in [-0.25, -0.2) is 9.48 Å². The predicted molar refractivity (Wildman–Crippen MR) is 144 cm³/mol. The Morgan fingerprint density at radius 1 is 1.00 bits per heavy atom. The van der Waals surface area contributed by atoms with E-state index < -0.39 is 5.60 Å². The van der Waals surface area contributed by atoms with E-state index in [2.05, 4.69) is 36.4 Å². The number of anilines is 1. The van der Waals surface area contributed by atoms with E-state index in [-0.39, 0.29) is 17.9 Å². The first-order valence-electron chi connectivity index (χ1n) is 12.6. The number of rotatable bonds is 5. The largest absolute Gasteiger partial charge is 0.497 e. The molecule has 1 N–H and O–H groups in total. The minimum Gasteiger partial charge on any atom is -0.497 e. The van der Waals surface area contributed by atoms with Crippen molar-refractivity contribution in [1.29, 1.82) is 0 Å². The van der Waals surface area contributed by atoms with Crippen LogP contribution in [0.4, 0.5) is 10.5 Å². The van der Waals surface area contributed by atoms with Crippen LogP contribution in [0.3, 0.4) is 0 Å². The molecule has 8 nitrogen and oxygen atoms in total. The lowest BCUT2D eigenvalue weighted by Crippen LogP contribution is -2.41. The van der Waals surface area contributed by atoms with Gasteiger partial charge in [-0.1, -0.05) is 6.07 Å². The number of aromatic nitrogens is 2. The van der Waals surface area contributed by atoms with Crippen LogP contribution in [-0.4, -0.2) is 52.5 Å². The van der Waals surface area contributed by atoms with Crippen LogP contribution in [0.1, 0.15) is 66.7 Å². The van der Waals surface area contributed by atoms with Crippen LogP contribution in [0.5, 0.6) is 5.75 Å². The molecule has 0 spiro atoms. The van der Waals surface area contributed by atoms with Crippen LogP contribution in [0.2, 0.25) is 0 Å². The van der Waals surface area contributed by atoms with Crippen LogP contribution in [0.15, 0.2) is 48.7 Å². The molecule has 0 saturated carbocycles. The number of amides is 2. The Labute approximate surface area is 218 Å². The van der Waals surface area contributed by atoms with Crippen LogP contribution in [-0.2, 0) is 4.74 Å². The van der Waals surface area contributed by atoms with Crippen molar-refractivity contribution in [2.45, 2.75) is 59.0 Å². The van der Waals surface area contributed by atoms with Crippen LogP contribution < -0.4 is 10.1 Å². The lowest BCUT2D eigenvalue weighted by atomic mass is 9.90. The SMILES string of the molecule is COc1ccc(NC(=O)c2cnn(-c3ccc(C)c(C)c3)c2C2CCN(C(=O)OC(C)(C)C)CC2)cc1. The monoisotopic (exact) mass is 504 g/mol. The second-order valence-corrected chi connectivity index (χ2v) is 10.5. The number of likely N-dealkylation sites (tertiary alicyclic amines) is 1. The number of hydrogen-bond acceptors (Lipinski definition) is 5. The van der Waals surface area contributed by atoms with Crippen molar-refractivity contribution >= 4 is 17.7 Å². The van der Waals surface area contributed by atoms with Gasteiger partial charge in [-0.15, -0.1) is 0 Å². The Kier molecular flexibility index (Phi) is 7.57. The third kappa shape index (κ3) is 6.13. The quantitative estimate of drug-likeness (QED) is 0.470. The second-order valence-electron chi connectivity index (χ2n) is 10.5. The van der Waals surface area contributed by atoms with E-state index in [1.54, 1.807) is 30.3 Å². The Balaban J connectivity index is 1.62. The summed E-state index contributed by atoms with van der Waals surface area (Å²) in [6.45, 7) is 10.9. The number of aryl methyl sites for hydroxylation is 2. The molecule has 0 atom stereocenters. The van der Waals surface area contributed by atoms with Crippen molar-refractivity contribution in [3.8, 4) is 11.4 Å². The van der Waals surface area contributed by atoms with E-state index in [4.69, 9.17) is 9.47 Å². The molecule has 2 amide bonds. The third-order valence-electron chi connectivity index (χ3n) is 6.67. The van der Waals surface area contributed by atoms with E-state index in [9.17, 15) is 9.59 Å². The van der Waals surface area contributed by atoms with E-state index in [1.165, 1.54) is 5.56 Å². The van der Waals surface area contributed by atoms with Gasteiger partial charge in [0.15, 0.2) is 0 Å². The molecular formula is C29H36N4O4. The number of ether oxygens (including phenoxy) is 2. The first kappa shape index (κ1) is 26.3. The van der Waals surface area contributed by atoms with Gasteiger partial charge in [0.2, 0.25) is 0 Å². The van der Waals surface area contributed by atoms with Crippen LogP contribution >= 0.6 is 0 Å². The first-order valence-corrected chi connectivity index (χ1v) is 12.6. The Morgan fingerprint density at radius 2 is 1.68 bits per heavy atom. The van der Waals surface area contributed by atoms with E-state index in [0.29, 0.717) is 37.2 Å². The molecule has 37 heavy (non-hydrogen) atoms. The van der Waals surface area contributed by atoms with Gasteiger partial charge in [0.05, 0.1) is 30.3 Å². The number of hydrogen-bond donors (Lipinski definition) is 1. The molecule has 1 saturated heterocycles. The zero-order valence-electron chi connectivity index (χ0n) is 22.5. The Morgan fingerprint density at radius 3 is 2.27 bits per heavy atom. The third-order valence-corrected chi connectivity index (χ3v) is 6.67. The van der Waals surface area contributed by atoms with Crippen molar-refractivity contribution in [2.75, 3.05) is 25.5 Å². The highest BCUT2D eigenvalue weighted by Gasteiger charge is 2.32. The van der Waals surface area contributed by atoms with Crippen molar-refractivity contribution < 1.29 is 19.1 Å². The molecule has 1 aliphatic heterocycles.